The van der Waals surface area contributed by atoms with Gasteiger partial charge in [-0.05, 0) is 34.9 Å². The number of fused-ring (bicyclic) bond motifs is 2. The summed E-state index contributed by atoms with van der Waals surface area (Å²) in [5.74, 6) is 1.86. The number of anilines is 1. The van der Waals surface area contributed by atoms with E-state index in [0.29, 0.717) is 42.3 Å². The molecule has 1 aromatic heterocycles. The van der Waals surface area contributed by atoms with Crippen molar-refractivity contribution in [2.24, 2.45) is 0 Å². The number of nitrogens with one attached hydrogen (secondary N) is 1. The lowest BCUT2D eigenvalue weighted by molar-refractivity contribution is -0.130. The van der Waals surface area contributed by atoms with Gasteiger partial charge in [-0.15, -0.1) is 0 Å². The van der Waals surface area contributed by atoms with Crippen LogP contribution in [-0.2, 0) is 11.2 Å². The van der Waals surface area contributed by atoms with Crippen LogP contribution in [0.2, 0.25) is 5.28 Å². The highest BCUT2D eigenvalue weighted by atomic mass is 35.5. The molecule has 1 N–H and O–H groups in total. The minimum absolute atomic E-state index is 0.0793. The molecule has 0 bridgehead atoms. The number of amides is 1. The van der Waals surface area contributed by atoms with E-state index in [-0.39, 0.29) is 17.2 Å². The average Bonchev–Trinajstić information content (AvgIpc) is 3.18. The molecule has 1 aliphatic heterocycles. The van der Waals surface area contributed by atoms with Crippen molar-refractivity contribution in [3.8, 4) is 11.5 Å². The van der Waals surface area contributed by atoms with Gasteiger partial charge in [-0.2, -0.15) is 0 Å². The number of likely N-dealkylation sites (tertiary alicyclic amines) is 1. The molecular weight excluding hydrogens is 416 g/mol. The van der Waals surface area contributed by atoms with Crippen molar-refractivity contribution in [1.29, 1.82) is 0 Å². The molecule has 0 saturated carbocycles. The maximum Gasteiger partial charge on any atom is 0.250 e. The SMILES string of the molecule is COc1cc2nc(Cl)nc(NC3CN(C(=O)C4=Cc5ccccc5C4)C3)c2cc1OC. The Labute approximate surface area is 184 Å². The van der Waals surface area contributed by atoms with Gasteiger partial charge >= 0.3 is 0 Å². The maximum atomic E-state index is 12.9. The normalized spacial score (nSPS) is 15.3. The molecule has 5 rings (SSSR count). The molecule has 1 aliphatic carbocycles. The van der Waals surface area contributed by atoms with Gasteiger partial charge in [0.25, 0.3) is 0 Å². The summed E-state index contributed by atoms with van der Waals surface area (Å²) in [6.45, 7) is 1.20. The fraction of sp³-hybridized carbons (Fsp3) is 0.261. The van der Waals surface area contributed by atoms with Gasteiger partial charge in [-0.3, -0.25) is 4.79 Å². The first-order valence-electron chi connectivity index (χ1n) is 9.99. The van der Waals surface area contributed by atoms with Gasteiger partial charge in [0.05, 0.1) is 25.8 Å². The molecule has 0 atom stereocenters. The van der Waals surface area contributed by atoms with Crippen LogP contribution in [0.4, 0.5) is 5.82 Å². The van der Waals surface area contributed by atoms with Crippen molar-refractivity contribution in [2.75, 3.05) is 32.6 Å². The molecule has 3 aromatic rings. The molecule has 0 radical (unpaired) electrons. The number of hydrogen-bond donors (Lipinski definition) is 1. The first-order chi connectivity index (χ1) is 15.1. The lowest BCUT2D eigenvalue weighted by Crippen LogP contribution is -2.57. The Hall–Kier alpha value is -3.32. The third-order valence-electron chi connectivity index (χ3n) is 5.72. The van der Waals surface area contributed by atoms with Gasteiger partial charge in [0.15, 0.2) is 11.5 Å². The molecule has 0 spiro atoms. The van der Waals surface area contributed by atoms with E-state index in [4.69, 9.17) is 21.1 Å². The van der Waals surface area contributed by atoms with Crippen molar-refractivity contribution in [1.82, 2.24) is 14.9 Å². The van der Waals surface area contributed by atoms with Gasteiger partial charge < -0.3 is 19.7 Å². The van der Waals surface area contributed by atoms with E-state index in [2.05, 4.69) is 21.4 Å². The number of halogens is 1. The summed E-state index contributed by atoms with van der Waals surface area (Å²) >= 11 is 6.14. The summed E-state index contributed by atoms with van der Waals surface area (Å²) in [6.07, 6.45) is 2.69. The minimum Gasteiger partial charge on any atom is -0.493 e. The summed E-state index contributed by atoms with van der Waals surface area (Å²) in [5.41, 5.74) is 3.83. The zero-order chi connectivity index (χ0) is 21.5. The van der Waals surface area contributed by atoms with Crippen LogP contribution < -0.4 is 14.8 Å². The summed E-state index contributed by atoms with van der Waals surface area (Å²) in [5, 5.41) is 4.32. The van der Waals surface area contributed by atoms with E-state index in [9.17, 15) is 4.79 Å². The molecule has 1 amide bonds. The Morgan fingerprint density at radius 2 is 1.87 bits per heavy atom. The maximum absolute atomic E-state index is 12.9. The second-order valence-corrected chi connectivity index (χ2v) is 8.00. The lowest BCUT2D eigenvalue weighted by atomic mass is 10.0. The molecule has 0 unspecified atom stereocenters. The quantitative estimate of drug-likeness (QED) is 0.616. The van der Waals surface area contributed by atoms with Crippen molar-refractivity contribution in [3.63, 3.8) is 0 Å². The van der Waals surface area contributed by atoms with Crippen molar-refractivity contribution in [2.45, 2.75) is 12.5 Å². The highest BCUT2D eigenvalue weighted by Gasteiger charge is 2.34. The van der Waals surface area contributed by atoms with Crippen molar-refractivity contribution < 1.29 is 14.3 Å². The van der Waals surface area contributed by atoms with Gasteiger partial charge in [-0.25, -0.2) is 9.97 Å². The fourth-order valence-electron chi connectivity index (χ4n) is 4.09. The Bertz CT molecular complexity index is 1220. The summed E-state index contributed by atoms with van der Waals surface area (Å²) in [7, 11) is 3.16. The van der Waals surface area contributed by atoms with Crippen LogP contribution in [-0.4, -0.2) is 54.1 Å². The van der Waals surface area contributed by atoms with Crippen LogP contribution in [0.15, 0.2) is 42.0 Å². The number of hydrogen-bond acceptors (Lipinski definition) is 6. The van der Waals surface area contributed by atoms with E-state index in [1.807, 2.05) is 35.2 Å². The number of aromatic nitrogens is 2. The largest absolute Gasteiger partial charge is 0.493 e. The number of methoxy groups -OCH3 is 2. The van der Waals surface area contributed by atoms with Crippen LogP contribution in [0.5, 0.6) is 11.5 Å². The summed E-state index contributed by atoms with van der Waals surface area (Å²) < 4.78 is 10.8. The third kappa shape index (κ3) is 3.55. The smallest absolute Gasteiger partial charge is 0.250 e. The average molecular weight is 437 g/mol. The van der Waals surface area contributed by atoms with Gasteiger partial charge in [-0.1, -0.05) is 24.3 Å². The number of benzene rings is 2. The molecule has 1 saturated heterocycles. The monoisotopic (exact) mass is 436 g/mol. The van der Waals surface area contributed by atoms with Crippen LogP contribution in [0.25, 0.3) is 17.0 Å². The number of nitrogens with zero attached hydrogens (tertiary/aromatic N) is 3. The second-order valence-electron chi connectivity index (χ2n) is 7.66. The fourth-order valence-corrected chi connectivity index (χ4v) is 4.26. The number of ether oxygens (including phenoxy) is 2. The zero-order valence-corrected chi connectivity index (χ0v) is 17.9. The highest BCUT2D eigenvalue weighted by Crippen LogP contribution is 2.35. The van der Waals surface area contributed by atoms with E-state index in [1.165, 1.54) is 5.56 Å². The molecule has 8 heteroatoms. The lowest BCUT2D eigenvalue weighted by Gasteiger charge is -2.40. The molecule has 1 fully saturated rings. The van der Waals surface area contributed by atoms with Gasteiger partial charge in [0.2, 0.25) is 11.2 Å². The molecular formula is C23H21ClN4O3. The standard InChI is InChI=1S/C23H21ClN4O3/c1-30-19-9-17-18(10-20(19)31-2)26-23(24)27-21(17)25-16-11-28(12-16)22(29)15-7-13-5-3-4-6-14(13)8-15/h3-7,9-10,16H,8,11-12H2,1-2H3,(H,25,26,27). The zero-order valence-electron chi connectivity index (χ0n) is 17.2. The Balaban J connectivity index is 1.30. The second kappa shape index (κ2) is 7.74. The third-order valence-corrected chi connectivity index (χ3v) is 5.89. The van der Waals surface area contributed by atoms with Crippen LogP contribution in [0.1, 0.15) is 11.1 Å². The topological polar surface area (TPSA) is 76.6 Å². The molecule has 31 heavy (non-hydrogen) atoms. The Morgan fingerprint density at radius 3 is 2.61 bits per heavy atom. The van der Waals surface area contributed by atoms with E-state index in [0.717, 1.165) is 16.5 Å². The molecule has 7 nitrogen and oxygen atoms in total. The van der Waals surface area contributed by atoms with Gasteiger partial charge in [0, 0.05) is 36.5 Å². The number of carbonyl (C=O) groups is 1. The first kappa shape index (κ1) is 19.6. The van der Waals surface area contributed by atoms with Gasteiger partial charge in [0.1, 0.15) is 5.82 Å². The predicted molar refractivity (Wildman–Crippen MR) is 120 cm³/mol. The first-order valence-corrected chi connectivity index (χ1v) is 10.4. The highest BCUT2D eigenvalue weighted by molar-refractivity contribution is 6.28. The van der Waals surface area contributed by atoms with E-state index < -0.39 is 0 Å². The Kier molecular flexibility index (Phi) is 4.90. The van der Waals surface area contributed by atoms with E-state index in [1.54, 1.807) is 20.3 Å². The number of rotatable bonds is 5. The van der Waals surface area contributed by atoms with Crippen molar-refractivity contribution >= 4 is 40.3 Å². The molecule has 2 heterocycles. The van der Waals surface area contributed by atoms with Crippen LogP contribution in [0, 0.1) is 0 Å². The molecule has 2 aliphatic rings. The van der Waals surface area contributed by atoms with Crippen LogP contribution in [0.3, 0.4) is 0 Å². The minimum atomic E-state index is 0.0793. The molecule has 2 aromatic carbocycles. The summed E-state index contributed by atoms with van der Waals surface area (Å²) in [4.78, 5) is 23.4. The van der Waals surface area contributed by atoms with Crippen LogP contribution >= 0.6 is 11.6 Å². The molecule has 158 valence electrons. The predicted octanol–water partition coefficient (Wildman–Crippen LogP) is 3.56. The Morgan fingerprint density at radius 1 is 1.13 bits per heavy atom. The number of carbonyl (C=O) groups excluding carboxylic acids is 1. The van der Waals surface area contributed by atoms with E-state index >= 15 is 0 Å². The summed E-state index contributed by atoms with van der Waals surface area (Å²) in [6, 6.07) is 11.8. The van der Waals surface area contributed by atoms with Crippen molar-refractivity contribution in [3.05, 3.63) is 58.4 Å².